The minimum absolute atomic E-state index is 0.0213. The van der Waals surface area contributed by atoms with Crippen molar-refractivity contribution in [2.45, 2.75) is 58.5 Å². The van der Waals surface area contributed by atoms with E-state index in [1.807, 2.05) is 12.1 Å². The molecule has 2 N–H and O–H groups in total. The highest BCUT2D eigenvalue weighted by molar-refractivity contribution is 6.00. The number of likely N-dealkylation sites (tertiary alicyclic amines) is 2. The predicted octanol–water partition coefficient (Wildman–Crippen LogP) is 2.16. The number of hydrogen-bond acceptors (Lipinski definition) is 5. The van der Waals surface area contributed by atoms with Crippen LogP contribution in [0.3, 0.4) is 0 Å². The smallest absolute Gasteiger partial charge is 0.407 e. The molecule has 1 spiro atoms. The van der Waals surface area contributed by atoms with Crippen molar-refractivity contribution in [3.63, 3.8) is 0 Å². The van der Waals surface area contributed by atoms with Crippen molar-refractivity contribution in [1.29, 1.82) is 0 Å². The third-order valence-corrected chi connectivity index (χ3v) is 8.45. The molecule has 0 bridgehead atoms. The normalized spacial score (nSPS) is 23.6. The highest BCUT2D eigenvalue weighted by Crippen LogP contribution is 2.52. The Morgan fingerprint density at radius 3 is 2.53 bits per heavy atom. The monoisotopic (exact) mass is 521 g/mol. The van der Waals surface area contributed by atoms with E-state index in [1.54, 1.807) is 18.0 Å². The molecule has 5 rings (SSSR count). The molecule has 202 valence electrons. The molecule has 2 atom stereocenters. The van der Waals surface area contributed by atoms with Crippen LogP contribution in [0.25, 0.3) is 11.0 Å². The summed E-state index contributed by atoms with van der Waals surface area (Å²) in [5.74, 6) is 5.73. The second-order valence-corrected chi connectivity index (χ2v) is 12.0. The van der Waals surface area contributed by atoms with Crippen LogP contribution in [0.2, 0.25) is 0 Å². The van der Waals surface area contributed by atoms with Crippen LogP contribution in [0.4, 0.5) is 4.79 Å². The number of carbonyl (C=O) groups is 3. The Hall–Kier alpha value is -3.58. The summed E-state index contributed by atoms with van der Waals surface area (Å²) < 4.78 is 2.99. The van der Waals surface area contributed by atoms with E-state index in [2.05, 4.69) is 42.8 Å². The number of aromatic nitrogens is 2. The van der Waals surface area contributed by atoms with Crippen molar-refractivity contribution >= 4 is 28.9 Å². The van der Waals surface area contributed by atoms with Gasteiger partial charge in [-0.25, -0.2) is 9.59 Å². The molecule has 10 heteroatoms. The lowest BCUT2D eigenvalue weighted by Gasteiger charge is -2.63. The number of carboxylic acid groups (broad SMARTS) is 1. The topological polar surface area (TPSA) is 117 Å². The van der Waals surface area contributed by atoms with Gasteiger partial charge < -0.3 is 10.0 Å². The summed E-state index contributed by atoms with van der Waals surface area (Å²) in [5.41, 5.74) is 1.62. The van der Waals surface area contributed by atoms with Crippen LogP contribution in [-0.2, 0) is 16.6 Å². The first-order chi connectivity index (χ1) is 17.9. The number of carbonyl (C=O) groups excluding carboxylic acids is 2. The van der Waals surface area contributed by atoms with Gasteiger partial charge in [-0.1, -0.05) is 38.7 Å². The summed E-state index contributed by atoms with van der Waals surface area (Å²) in [5, 5.41) is 11.9. The molecule has 38 heavy (non-hydrogen) atoms. The summed E-state index contributed by atoms with van der Waals surface area (Å²) in [6.45, 7) is 9.27. The van der Waals surface area contributed by atoms with Gasteiger partial charge in [0.1, 0.15) is 6.04 Å². The first kappa shape index (κ1) is 26.0. The van der Waals surface area contributed by atoms with E-state index < -0.39 is 18.0 Å². The van der Waals surface area contributed by atoms with E-state index in [-0.39, 0.29) is 41.3 Å². The molecular formula is C28H35N5O5. The molecule has 2 unspecified atom stereocenters. The number of nitrogens with zero attached hydrogens (tertiary/aromatic N) is 4. The zero-order valence-corrected chi connectivity index (χ0v) is 22.4. The van der Waals surface area contributed by atoms with Gasteiger partial charge in [-0.15, -0.1) is 0 Å². The van der Waals surface area contributed by atoms with Gasteiger partial charge in [0.15, 0.2) is 0 Å². The molecule has 1 aromatic heterocycles. The average molecular weight is 522 g/mol. The van der Waals surface area contributed by atoms with E-state index in [1.165, 1.54) is 9.13 Å². The molecule has 3 aliphatic rings. The fourth-order valence-electron chi connectivity index (χ4n) is 6.90. The summed E-state index contributed by atoms with van der Waals surface area (Å²) in [6.07, 6.45) is 1.54. The molecule has 1 aromatic carbocycles. The van der Waals surface area contributed by atoms with E-state index in [0.29, 0.717) is 29.7 Å². The van der Waals surface area contributed by atoms with Gasteiger partial charge in [-0.2, -0.15) is 0 Å². The van der Waals surface area contributed by atoms with Crippen LogP contribution in [0.5, 0.6) is 0 Å². The number of piperidine rings is 2. The van der Waals surface area contributed by atoms with Gasteiger partial charge in [0.25, 0.3) is 0 Å². The Morgan fingerprint density at radius 1 is 1.18 bits per heavy atom. The SMILES string of the molecule is Cn1c(=O)n(C2CCC(=O)NC2=O)c2cccc(C#CCN3CCC4(CC3)CN(C(=O)O)C4C(C)(C)C)c21. The highest BCUT2D eigenvalue weighted by atomic mass is 16.4. The lowest BCUT2D eigenvalue weighted by molar-refractivity contribution is -0.135. The lowest BCUT2D eigenvalue weighted by atomic mass is 9.58. The third-order valence-electron chi connectivity index (χ3n) is 8.45. The number of aryl methyl sites for hydroxylation is 1. The first-order valence-corrected chi connectivity index (χ1v) is 13.2. The fraction of sp³-hybridized carbons (Fsp3) is 0.571. The maximum Gasteiger partial charge on any atom is 0.407 e. The van der Waals surface area contributed by atoms with Crippen LogP contribution < -0.4 is 11.0 Å². The molecule has 3 aliphatic heterocycles. The Balaban J connectivity index is 1.31. The fourth-order valence-corrected chi connectivity index (χ4v) is 6.90. The van der Waals surface area contributed by atoms with Crippen molar-refractivity contribution in [3.8, 4) is 11.8 Å². The molecule has 0 aliphatic carbocycles. The van der Waals surface area contributed by atoms with Crippen molar-refractivity contribution in [2.24, 2.45) is 17.9 Å². The van der Waals surface area contributed by atoms with Crippen LogP contribution in [0.1, 0.15) is 58.1 Å². The number of nitrogens with one attached hydrogen (secondary N) is 1. The van der Waals surface area contributed by atoms with E-state index in [0.717, 1.165) is 25.9 Å². The molecule has 3 saturated heterocycles. The van der Waals surface area contributed by atoms with Gasteiger partial charge >= 0.3 is 11.8 Å². The number of hydrogen-bond donors (Lipinski definition) is 2. The number of amides is 3. The van der Waals surface area contributed by atoms with Crippen molar-refractivity contribution in [3.05, 3.63) is 34.2 Å². The van der Waals surface area contributed by atoms with Crippen LogP contribution in [-0.4, -0.2) is 74.2 Å². The van der Waals surface area contributed by atoms with Crippen LogP contribution in [0.15, 0.2) is 23.0 Å². The Morgan fingerprint density at radius 2 is 1.89 bits per heavy atom. The molecule has 3 amide bonds. The molecule has 3 fully saturated rings. The van der Waals surface area contributed by atoms with Crippen LogP contribution in [0, 0.1) is 22.7 Å². The summed E-state index contributed by atoms with van der Waals surface area (Å²) >= 11 is 0. The second kappa shape index (κ2) is 9.31. The van der Waals surface area contributed by atoms with Crippen LogP contribution >= 0.6 is 0 Å². The largest absolute Gasteiger partial charge is 0.465 e. The molecule has 2 aromatic rings. The summed E-state index contributed by atoms with van der Waals surface area (Å²) in [4.78, 5) is 52.8. The quantitative estimate of drug-likeness (QED) is 0.462. The first-order valence-electron chi connectivity index (χ1n) is 13.2. The summed E-state index contributed by atoms with van der Waals surface area (Å²) in [6, 6.07) is 4.80. The van der Waals surface area contributed by atoms with Gasteiger partial charge in [0, 0.05) is 31.5 Å². The Bertz CT molecular complexity index is 1430. The predicted molar refractivity (Wildman–Crippen MR) is 142 cm³/mol. The zero-order chi connectivity index (χ0) is 27.4. The molecule has 4 heterocycles. The molecule has 0 saturated carbocycles. The van der Waals surface area contributed by atoms with E-state index in [4.69, 9.17) is 0 Å². The van der Waals surface area contributed by atoms with Gasteiger partial charge in [-0.05, 0) is 49.9 Å². The highest BCUT2D eigenvalue weighted by Gasteiger charge is 2.59. The molecular weight excluding hydrogens is 486 g/mol. The second-order valence-electron chi connectivity index (χ2n) is 12.0. The van der Waals surface area contributed by atoms with Gasteiger partial charge in [-0.3, -0.25) is 28.9 Å². The van der Waals surface area contributed by atoms with E-state index in [9.17, 15) is 24.3 Å². The number of imide groups is 1. The number of rotatable bonds is 2. The van der Waals surface area contributed by atoms with Crippen molar-refractivity contribution in [2.75, 3.05) is 26.2 Å². The summed E-state index contributed by atoms with van der Waals surface area (Å²) in [7, 11) is 1.67. The minimum atomic E-state index is -0.834. The third kappa shape index (κ3) is 4.29. The van der Waals surface area contributed by atoms with E-state index >= 15 is 0 Å². The maximum atomic E-state index is 13.1. The Kier molecular flexibility index (Phi) is 6.38. The number of imidazole rings is 1. The van der Waals surface area contributed by atoms with Gasteiger partial charge in [0.05, 0.1) is 23.1 Å². The van der Waals surface area contributed by atoms with Crippen molar-refractivity contribution < 1.29 is 19.5 Å². The maximum absolute atomic E-state index is 13.1. The zero-order valence-electron chi connectivity index (χ0n) is 22.4. The average Bonchev–Trinajstić information content (AvgIpc) is 3.08. The minimum Gasteiger partial charge on any atom is -0.465 e. The molecule has 10 nitrogen and oxygen atoms in total. The lowest BCUT2D eigenvalue weighted by Crippen LogP contribution is -2.72. The van der Waals surface area contributed by atoms with Crippen molar-refractivity contribution in [1.82, 2.24) is 24.3 Å². The standard InChI is InChI=1S/C28H35N5O5/c1-27(2,3)24-28(17-32(24)26(37)38)12-15-31(16-13-28)14-6-8-18-7-5-9-19-22(18)30(4)25(36)33(19)20-10-11-21(34)29-23(20)35/h5,7,9,20,24H,10-17H2,1-4H3,(H,37,38)(H,29,34,35). The number of fused-ring (bicyclic) bond motifs is 1. The number of benzene rings is 1. The Labute approximate surface area is 221 Å². The number of para-hydroxylation sites is 1. The molecule has 0 radical (unpaired) electrons. The van der Waals surface area contributed by atoms with Gasteiger partial charge in [0.2, 0.25) is 11.8 Å².